The van der Waals surface area contributed by atoms with E-state index in [0.717, 1.165) is 6.07 Å². The van der Waals surface area contributed by atoms with Crippen LogP contribution in [0.2, 0.25) is 5.02 Å². The highest BCUT2D eigenvalue weighted by atomic mass is 35.5. The lowest BCUT2D eigenvalue weighted by Crippen LogP contribution is -2.30. The zero-order valence-electron chi connectivity index (χ0n) is 16.7. The Hall–Kier alpha value is -2.77. The van der Waals surface area contributed by atoms with E-state index in [-0.39, 0.29) is 11.4 Å². The number of methoxy groups -OCH3 is 2. The van der Waals surface area contributed by atoms with E-state index in [1.54, 1.807) is 49.4 Å². The number of hydrogen-bond acceptors (Lipinski definition) is 4. The zero-order valence-corrected chi connectivity index (χ0v) is 18.3. The topological polar surface area (TPSA) is 55.8 Å². The summed E-state index contributed by atoms with van der Waals surface area (Å²) in [6.45, 7) is 1.58. The molecule has 5 nitrogen and oxygen atoms in total. The Labute approximate surface area is 180 Å². The summed E-state index contributed by atoms with van der Waals surface area (Å²) in [6.07, 6.45) is 0. The van der Waals surface area contributed by atoms with E-state index < -0.39 is 15.8 Å². The van der Waals surface area contributed by atoms with E-state index in [2.05, 4.69) is 0 Å². The Morgan fingerprint density at radius 3 is 2.20 bits per heavy atom. The molecule has 0 N–H and O–H groups in total. The average Bonchev–Trinajstić information content (AvgIpc) is 2.74. The van der Waals surface area contributed by atoms with Crippen molar-refractivity contribution in [2.24, 2.45) is 0 Å². The summed E-state index contributed by atoms with van der Waals surface area (Å²) >= 11 is 5.97. The number of benzene rings is 3. The zero-order chi connectivity index (χ0) is 21.9. The van der Waals surface area contributed by atoms with E-state index in [1.165, 1.54) is 30.7 Å². The van der Waals surface area contributed by atoms with Crippen LogP contribution in [0.1, 0.15) is 11.1 Å². The van der Waals surface area contributed by atoms with Crippen molar-refractivity contribution in [3.8, 4) is 11.5 Å². The summed E-state index contributed by atoms with van der Waals surface area (Å²) in [5.74, 6) is 0.422. The summed E-state index contributed by atoms with van der Waals surface area (Å²) in [6, 6.07) is 15.4. The van der Waals surface area contributed by atoms with Crippen LogP contribution in [0.5, 0.6) is 11.5 Å². The van der Waals surface area contributed by atoms with Gasteiger partial charge in [-0.15, -0.1) is 0 Å². The molecule has 3 aromatic rings. The molecular weight excluding hydrogens is 429 g/mol. The molecule has 0 aliphatic rings. The summed E-state index contributed by atoms with van der Waals surface area (Å²) in [7, 11) is -1.04. The van der Waals surface area contributed by atoms with Crippen molar-refractivity contribution in [1.29, 1.82) is 0 Å². The molecule has 0 aliphatic heterocycles. The van der Waals surface area contributed by atoms with Gasteiger partial charge in [-0.1, -0.05) is 23.7 Å². The van der Waals surface area contributed by atoms with Crippen LogP contribution < -0.4 is 13.8 Å². The molecule has 0 fully saturated rings. The van der Waals surface area contributed by atoms with Crippen LogP contribution in [0.15, 0.2) is 65.6 Å². The van der Waals surface area contributed by atoms with Crippen molar-refractivity contribution < 1.29 is 22.3 Å². The molecule has 0 spiro atoms. The van der Waals surface area contributed by atoms with Crippen molar-refractivity contribution in [2.45, 2.75) is 18.4 Å². The van der Waals surface area contributed by atoms with Crippen molar-refractivity contribution in [2.75, 3.05) is 18.5 Å². The van der Waals surface area contributed by atoms with Gasteiger partial charge in [-0.05, 0) is 66.6 Å². The van der Waals surface area contributed by atoms with Crippen LogP contribution >= 0.6 is 11.6 Å². The predicted octanol–water partition coefficient (Wildman–Crippen LogP) is 5.20. The van der Waals surface area contributed by atoms with Crippen LogP contribution in [0.25, 0.3) is 0 Å². The van der Waals surface area contributed by atoms with Crippen molar-refractivity contribution in [3.05, 3.63) is 82.6 Å². The highest BCUT2D eigenvalue weighted by Gasteiger charge is 2.26. The molecule has 0 amide bonds. The van der Waals surface area contributed by atoms with Gasteiger partial charge in [-0.2, -0.15) is 0 Å². The Bertz CT molecular complexity index is 1150. The molecule has 0 atom stereocenters. The molecule has 0 saturated heterocycles. The second-order valence-electron chi connectivity index (χ2n) is 6.59. The largest absolute Gasteiger partial charge is 0.493 e. The van der Waals surface area contributed by atoms with Crippen molar-refractivity contribution in [1.82, 2.24) is 0 Å². The highest BCUT2D eigenvalue weighted by molar-refractivity contribution is 7.92. The summed E-state index contributed by atoms with van der Waals surface area (Å²) < 4.78 is 52.7. The molecule has 0 heterocycles. The standard InChI is InChI=1S/C22H21ClFNO4S/c1-15-4-10-19(13-20(15)24)30(26,27)25(18-8-6-17(23)7-9-18)14-16-5-11-21(28-2)22(12-16)29-3/h4-13H,14H2,1-3H3. The summed E-state index contributed by atoms with van der Waals surface area (Å²) in [5, 5.41) is 0.476. The lowest BCUT2D eigenvalue weighted by atomic mass is 10.2. The van der Waals surface area contributed by atoms with Crippen LogP contribution in [0.3, 0.4) is 0 Å². The fourth-order valence-electron chi connectivity index (χ4n) is 2.93. The van der Waals surface area contributed by atoms with Gasteiger partial charge in [-0.25, -0.2) is 12.8 Å². The molecule has 0 bridgehead atoms. The quantitative estimate of drug-likeness (QED) is 0.497. The third kappa shape index (κ3) is 4.52. The first-order valence-corrected chi connectivity index (χ1v) is 10.8. The summed E-state index contributed by atoms with van der Waals surface area (Å²) in [5.41, 5.74) is 1.43. The monoisotopic (exact) mass is 449 g/mol. The maximum atomic E-state index is 14.1. The Balaban J connectivity index is 2.09. The molecule has 0 saturated carbocycles. The Morgan fingerprint density at radius 1 is 0.933 bits per heavy atom. The highest BCUT2D eigenvalue weighted by Crippen LogP contribution is 2.31. The fourth-order valence-corrected chi connectivity index (χ4v) is 4.52. The van der Waals surface area contributed by atoms with Gasteiger partial charge >= 0.3 is 0 Å². The van der Waals surface area contributed by atoms with Gasteiger partial charge in [0.1, 0.15) is 5.82 Å². The Kier molecular flexibility index (Phi) is 6.53. The minimum absolute atomic E-state index is 0.000183. The minimum Gasteiger partial charge on any atom is -0.493 e. The van der Waals surface area contributed by atoms with Gasteiger partial charge in [0.05, 0.1) is 31.3 Å². The normalized spacial score (nSPS) is 11.2. The van der Waals surface area contributed by atoms with Crippen LogP contribution in [-0.2, 0) is 16.6 Å². The number of anilines is 1. The average molecular weight is 450 g/mol. The van der Waals surface area contributed by atoms with E-state index in [1.807, 2.05) is 0 Å². The second kappa shape index (κ2) is 8.93. The molecule has 0 aromatic heterocycles. The molecule has 0 unspecified atom stereocenters. The van der Waals surface area contributed by atoms with E-state index in [9.17, 15) is 12.8 Å². The molecule has 158 valence electrons. The first-order chi connectivity index (χ1) is 14.3. The van der Waals surface area contributed by atoms with Gasteiger partial charge in [0.2, 0.25) is 0 Å². The number of aryl methyl sites for hydroxylation is 1. The maximum Gasteiger partial charge on any atom is 0.264 e. The number of rotatable bonds is 7. The van der Waals surface area contributed by atoms with Crippen LogP contribution in [0.4, 0.5) is 10.1 Å². The van der Waals surface area contributed by atoms with Gasteiger partial charge in [0.15, 0.2) is 11.5 Å². The summed E-state index contributed by atoms with van der Waals surface area (Å²) in [4.78, 5) is -0.138. The molecule has 0 radical (unpaired) electrons. The van der Waals surface area contributed by atoms with Crippen LogP contribution in [0, 0.1) is 12.7 Å². The first kappa shape index (κ1) is 21.9. The number of nitrogens with zero attached hydrogens (tertiary/aromatic N) is 1. The van der Waals surface area contributed by atoms with Gasteiger partial charge in [-0.3, -0.25) is 4.31 Å². The minimum atomic E-state index is -4.06. The van der Waals surface area contributed by atoms with E-state index in [4.69, 9.17) is 21.1 Å². The van der Waals surface area contributed by atoms with Crippen LogP contribution in [-0.4, -0.2) is 22.6 Å². The van der Waals surface area contributed by atoms with E-state index in [0.29, 0.717) is 33.3 Å². The number of ether oxygens (including phenoxy) is 2. The molecule has 0 aliphatic carbocycles. The third-order valence-electron chi connectivity index (χ3n) is 4.62. The fraction of sp³-hybridized carbons (Fsp3) is 0.182. The Morgan fingerprint density at radius 2 is 1.60 bits per heavy atom. The SMILES string of the molecule is COc1ccc(CN(c2ccc(Cl)cc2)S(=O)(=O)c2ccc(C)c(F)c2)cc1OC. The number of hydrogen-bond donors (Lipinski definition) is 0. The number of sulfonamides is 1. The lowest BCUT2D eigenvalue weighted by molar-refractivity contribution is 0.354. The number of halogens is 2. The van der Waals surface area contributed by atoms with Crippen molar-refractivity contribution in [3.63, 3.8) is 0 Å². The molecule has 30 heavy (non-hydrogen) atoms. The smallest absolute Gasteiger partial charge is 0.264 e. The molecule has 8 heteroatoms. The van der Waals surface area contributed by atoms with Crippen molar-refractivity contribution >= 4 is 27.3 Å². The first-order valence-electron chi connectivity index (χ1n) is 9.01. The maximum absolute atomic E-state index is 14.1. The van der Waals surface area contributed by atoms with E-state index >= 15 is 0 Å². The molecular formula is C22H21ClFNO4S. The second-order valence-corrected chi connectivity index (χ2v) is 8.89. The predicted molar refractivity (Wildman–Crippen MR) is 116 cm³/mol. The van der Waals surface area contributed by atoms with Gasteiger partial charge < -0.3 is 9.47 Å². The molecule has 3 aromatic carbocycles. The lowest BCUT2D eigenvalue weighted by Gasteiger charge is -2.25. The van der Waals surface area contributed by atoms with Gasteiger partial charge in [0, 0.05) is 5.02 Å². The third-order valence-corrected chi connectivity index (χ3v) is 6.64. The molecule has 3 rings (SSSR count). The van der Waals surface area contributed by atoms with Gasteiger partial charge in [0.25, 0.3) is 10.0 Å².